The summed E-state index contributed by atoms with van der Waals surface area (Å²) in [6.45, 7) is 2.14. The van der Waals surface area contributed by atoms with E-state index in [2.05, 4.69) is 17.4 Å². The van der Waals surface area contributed by atoms with Gasteiger partial charge in [0.15, 0.2) is 0 Å². The number of hydrogen-bond acceptors (Lipinski definition) is 3. The Hall–Kier alpha value is -0.540. The Morgan fingerprint density at radius 3 is 3.09 bits per heavy atom. The second kappa shape index (κ2) is 4.36. The van der Waals surface area contributed by atoms with Crippen LogP contribution in [0.1, 0.15) is 13.3 Å². The Kier molecular flexibility index (Phi) is 3.39. The molecule has 0 aromatic carbocycles. The molecule has 0 amide bonds. The van der Waals surface area contributed by atoms with Crippen LogP contribution in [0.3, 0.4) is 0 Å². The number of rotatable bonds is 2. The Bertz CT molecular complexity index is 206. The van der Waals surface area contributed by atoms with Crippen LogP contribution in [0, 0.1) is 5.92 Å². The number of nitrogens with two attached hydrogens (primary N) is 1. The largest absolute Gasteiger partial charge is 0.258 e. The molecule has 1 atom stereocenters. The molecule has 0 saturated carbocycles. The predicted octanol–water partition coefficient (Wildman–Crippen LogP) is 2.10. The molecule has 0 aliphatic heterocycles. The van der Waals surface area contributed by atoms with Gasteiger partial charge in [0, 0.05) is 5.92 Å². The maximum atomic E-state index is 5.25. The molecule has 0 bridgehead atoms. The van der Waals surface area contributed by atoms with Crippen LogP contribution in [0.4, 0.5) is 0 Å². The van der Waals surface area contributed by atoms with Crippen LogP contribution < -0.4 is 5.14 Å². The van der Waals surface area contributed by atoms with Gasteiger partial charge in [-0.3, -0.25) is 5.14 Å². The second-order valence-electron chi connectivity index (χ2n) is 2.38. The highest BCUT2D eigenvalue weighted by atomic mass is 32.2. The van der Waals surface area contributed by atoms with E-state index in [4.69, 9.17) is 5.14 Å². The quantitative estimate of drug-likeness (QED) is 0.641. The van der Waals surface area contributed by atoms with E-state index in [0.717, 1.165) is 24.3 Å². The maximum Gasteiger partial charge on any atom is 0.0570 e. The molecule has 0 heterocycles. The molecule has 2 nitrogen and oxygen atoms in total. The first-order chi connectivity index (χ1) is 5.38. The number of nitrogens with zero attached hydrogens (tertiary/aromatic N) is 1. The van der Waals surface area contributed by atoms with Gasteiger partial charge in [-0.15, -0.1) is 0 Å². The molecule has 1 unspecified atom stereocenters. The molecule has 2 N–H and O–H groups in total. The van der Waals surface area contributed by atoms with Gasteiger partial charge < -0.3 is 0 Å². The van der Waals surface area contributed by atoms with E-state index in [-0.39, 0.29) is 0 Å². The van der Waals surface area contributed by atoms with Crippen molar-refractivity contribution in [2.75, 3.05) is 0 Å². The molecule has 1 aliphatic carbocycles. The number of hydrogen-bond donors (Lipinski definition) is 1. The van der Waals surface area contributed by atoms with Gasteiger partial charge in [-0.05, 0) is 12.5 Å². The molecule has 0 spiro atoms. The fraction of sp³-hybridized carbons (Fsp3) is 0.375. The van der Waals surface area contributed by atoms with Crippen LogP contribution >= 0.6 is 12.1 Å². The third-order valence-electron chi connectivity index (χ3n) is 1.70. The first-order valence-electron chi connectivity index (χ1n) is 3.67. The van der Waals surface area contributed by atoms with Crippen LogP contribution in [-0.2, 0) is 0 Å². The Morgan fingerprint density at radius 1 is 1.64 bits per heavy atom. The molecule has 0 fully saturated rings. The smallest absolute Gasteiger partial charge is 0.0570 e. The van der Waals surface area contributed by atoms with Crippen molar-refractivity contribution >= 4 is 17.8 Å². The SMILES string of the molecule is CCC1C=CC=C/C1=N/SN. The molecule has 0 radical (unpaired) electrons. The molecule has 0 aromatic rings. The van der Waals surface area contributed by atoms with Gasteiger partial charge in [0.1, 0.15) is 0 Å². The van der Waals surface area contributed by atoms with E-state index >= 15 is 0 Å². The van der Waals surface area contributed by atoms with Gasteiger partial charge in [0.2, 0.25) is 0 Å². The van der Waals surface area contributed by atoms with E-state index in [9.17, 15) is 0 Å². The molecule has 1 rings (SSSR count). The van der Waals surface area contributed by atoms with Crippen LogP contribution in [0.2, 0.25) is 0 Å². The minimum Gasteiger partial charge on any atom is -0.258 e. The Morgan fingerprint density at radius 2 is 2.45 bits per heavy atom. The highest BCUT2D eigenvalue weighted by Gasteiger charge is 2.09. The van der Waals surface area contributed by atoms with Crippen LogP contribution in [0.15, 0.2) is 28.7 Å². The lowest BCUT2D eigenvalue weighted by Crippen LogP contribution is -2.10. The van der Waals surface area contributed by atoms with Gasteiger partial charge in [-0.2, -0.15) is 0 Å². The van der Waals surface area contributed by atoms with Crippen molar-refractivity contribution in [1.29, 1.82) is 0 Å². The van der Waals surface area contributed by atoms with Gasteiger partial charge in [0.25, 0.3) is 0 Å². The van der Waals surface area contributed by atoms with Gasteiger partial charge in [0.05, 0.1) is 17.8 Å². The zero-order valence-electron chi connectivity index (χ0n) is 6.53. The minimum absolute atomic E-state index is 0.455. The molecular formula is C8H12N2S. The van der Waals surface area contributed by atoms with Crippen LogP contribution in [0.25, 0.3) is 0 Å². The predicted molar refractivity (Wildman–Crippen MR) is 51.3 cm³/mol. The summed E-state index contributed by atoms with van der Waals surface area (Å²) in [5.74, 6) is 0.455. The van der Waals surface area contributed by atoms with Crippen molar-refractivity contribution in [2.45, 2.75) is 13.3 Å². The lowest BCUT2D eigenvalue weighted by molar-refractivity contribution is 0.818. The van der Waals surface area contributed by atoms with E-state index in [0.29, 0.717) is 5.92 Å². The standard InChI is InChI=1S/C8H12N2S/c1-2-7-5-3-4-6-8(7)10-11-9/h3-7H,2,9H2,1H3/b10-8-. The molecular weight excluding hydrogens is 156 g/mol. The van der Waals surface area contributed by atoms with E-state index < -0.39 is 0 Å². The molecule has 3 heteroatoms. The first-order valence-corrected chi connectivity index (χ1v) is 4.50. The summed E-state index contributed by atoms with van der Waals surface area (Å²) in [6, 6.07) is 0. The Balaban J connectivity index is 2.70. The average molecular weight is 168 g/mol. The third kappa shape index (κ3) is 2.20. The average Bonchev–Trinajstić information content (AvgIpc) is 2.06. The fourth-order valence-corrected chi connectivity index (χ4v) is 1.40. The molecule has 60 valence electrons. The molecule has 1 aliphatic rings. The van der Waals surface area contributed by atoms with Crippen molar-refractivity contribution in [3.8, 4) is 0 Å². The second-order valence-corrected chi connectivity index (χ2v) is 2.77. The minimum atomic E-state index is 0.455. The maximum absolute atomic E-state index is 5.25. The highest BCUT2D eigenvalue weighted by molar-refractivity contribution is 7.95. The van der Waals surface area contributed by atoms with E-state index in [1.807, 2.05) is 18.2 Å². The number of allylic oxidation sites excluding steroid dienone is 4. The van der Waals surface area contributed by atoms with E-state index in [1.165, 1.54) is 0 Å². The lowest BCUT2D eigenvalue weighted by Gasteiger charge is -2.11. The normalized spacial score (nSPS) is 26.4. The zero-order chi connectivity index (χ0) is 8.10. The van der Waals surface area contributed by atoms with Gasteiger partial charge in [-0.1, -0.05) is 25.2 Å². The van der Waals surface area contributed by atoms with Crippen LogP contribution in [0.5, 0.6) is 0 Å². The Labute approximate surface area is 71.5 Å². The molecule has 0 aromatic heterocycles. The van der Waals surface area contributed by atoms with Crippen LogP contribution in [-0.4, -0.2) is 5.71 Å². The lowest BCUT2D eigenvalue weighted by atomic mass is 9.96. The summed E-state index contributed by atoms with van der Waals surface area (Å²) in [6.07, 6.45) is 9.28. The molecule has 0 saturated heterocycles. The fourth-order valence-electron chi connectivity index (χ4n) is 1.08. The van der Waals surface area contributed by atoms with E-state index in [1.54, 1.807) is 0 Å². The van der Waals surface area contributed by atoms with Crippen molar-refractivity contribution in [1.82, 2.24) is 0 Å². The third-order valence-corrected chi connectivity index (χ3v) is 2.02. The van der Waals surface area contributed by atoms with Gasteiger partial charge in [-0.25, -0.2) is 4.40 Å². The molecule has 11 heavy (non-hydrogen) atoms. The summed E-state index contributed by atoms with van der Waals surface area (Å²) in [4.78, 5) is 0. The van der Waals surface area contributed by atoms with Crippen molar-refractivity contribution < 1.29 is 0 Å². The topological polar surface area (TPSA) is 38.4 Å². The highest BCUT2D eigenvalue weighted by Crippen LogP contribution is 2.14. The summed E-state index contributed by atoms with van der Waals surface area (Å²) in [5.41, 5.74) is 1.07. The summed E-state index contributed by atoms with van der Waals surface area (Å²) in [5, 5.41) is 5.25. The van der Waals surface area contributed by atoms with Gasteiger partial charge >= 0.3 is 0 Å². The van der Waals surface area contributed by atoms with Crippen molar-refractivity contribution in [3.05, 3.63) is 24.3 Å². The summed E-state index contributed by atoms with van der Waals surface area (Å²) in [7, 11) is 0. The summed E-state index contributed by atoms with van der Waals surface area (Å²) < 4.78 is 4.11. The summed E-state index contributed by atoms with van der Waals surface area (Å²) >= 11 is 1.03. The zero-order valence-corrected chi connectivity index (χ0v) is 7.34. The first kappa shape index (κ1) is 8.56. The van der Waals surface area contributed by atoms with Crippen molar-refractivity contribution in [3.63, 3.8) is 0 Å². The monoisotopic (exact) mass is 168 g/mol. The van der Waals surface area contributed by atoms with Crippen molar-refractivity contribution in [2.24, 2.45) is 15.5 Å².